The van der Waals surface area contributed by atoms with Crippen molar-refractivity contribution in [3.8, 4) is 22.9 Å². The van der Waals surface area contributed by atoms with Gasteiger partial charge in [0.05, 0.1) is 14.2 Å². The van der Waals surface area contributed by atoms with Crippen LogP contribution in [0, 0.1) is 0 Å². The normalized spacial score (nSPS) is 16.3. The molecule has 1 aliphatic rings. The summed E-state index contributed by atoms with van der Waals surface area (Å²) in [7, 11) is 3.12. The molecule has 0 spiro atoms. The van der Waals surface area contributed by atoms with E-state index in [1.807, 2.05) is 0 Å². The first-order chi connectivity index (χ1) is 13.7. The maximum atomic E-state index is 6.51. The fraction of sp³-hybridized carbons (Fsp3) is 0.526. The van der Waals surface area contributed by atoms with Crippen LogP contribution in [0.25, 0.3) is 11.4 Å². The maximum Gasteiger partial charge on any atom is 0.250 e. The molecular weight excluding hydrogens is 437 g/mol. The van der Waals surface area contributed by atoms with E-state index in [0.717, 1.165) is 25.7 Å². The molecule has 7 nitrogen and oxygen atoms in total. The Bertz CT molecular complexity index is 854. The molecular formula is C19H24Cl3N5O2. The lowest BCUT2D eigenvalue weighted by molar-refractivity contribution is 0.310. The minimum Gasteiger partial charge on any atom is -0.493 e. The lowest BCUT2D eigenvalue weighted by atomic mass is 9.82. The minimum atomic E-state index is -1.80. The molecule has 0 atom stereocenters. The van der Waals surface area contributed by atoms with E-state index in [-0.39, 0.29) is 11.4 Å². The summed E-state index contributed by atoms with van der Waals surface area (Å²) in [6, 6.07) is 5.32. The van der Waals surface area contributed by atoms with Crippen molar-refractivity contribution >= 4 is 40.8 Å². The maximum absolute atomic E-state index is 6.51. The van der Waals surface area contributed by atoms with E-state index in [4.69, 9.17) is 50.0 Å². The Morgan fingerprint density at radius 3 is 2.34 bits per heavy atom. The summed E-state index contributed by atoms with van der Waals surface area (Å²) >= 11 is 18.2. The van der Waals surface area contributed by atoms with Gasteiger partial charge in [-0.05, 0) is 31.0 Å². The highest BCUT2D eigenvalue weighted by Crippen LogP contribution is 2.38. The van der Waals surface area contributed by atoms with Gasteiger partial charge in [-0.2, -0.15) is 9.97 Å². The summed E-state index contributed by atoms with van der Waals surface area (Å²) in [4.78, 5) is 13.1. The summed E-state index contributed by atoms with van der Waals surface area (Å²) in [5.74, 6) is 1.81. The van der Waals surface area contributed by atoms with Crippen LogP contribution < -0.4 is 20.5 Å². The zero-order valence-corrected chi connectivity index (χ0v) is 18.6. The molecule has 0 radical (unpaired) electrons. The average molecular weight is 461 g/mol. The van der Waals surface area contributed by atoms with E-state index >= 15 is 0 Å². The molecule has 1 heterocycles. The van der Waals surface area contributed by atoms with E-state index in [0.29, 0.717) is 35.4 Å². The molecule has 1 aromatic carbocycles. The van der Waals surface area contributed by atoms with Gasteiger partial charge in [0, 0.05) is 17.6 Å². The second kappa shape index (κ2) is 9.08. The number of rotatable bonds is 6. The number of nitrogens with two attached hydrogens (primary N) is 1. The first-order valence-corrected chi connectivity index (χ1v) is 10.5. The number of benzene rings is 1. The number of nitrogens with one attached hydrogen (secondary N) is 1. The summed E-state index contributed by atoms with van der Waals surface area (Å²) < 4.78 is 8.84. The van der Waals surface area contributed by atoms with Crippen LogP contribution in [-0.2, 0) is 3.79 Å². The number of anilines is 1. The van der Waals surface area contributed by atoms with Crippen LogP contribution in [0.2, 0.25) is 0 Å². The van der Waals surface area contributed by atoms with Crippen LogP contribution in [0.5, 0.6) is 11.5 Å². The number of hydrogen-bond acceptors (Lipinski definition) is 7. The van der Waals surface area contributed by atoms with Gasteiger partial charge < -0.3 is 20.5 Å². The molecule has 0 aliphatic heterocycles. The largest absolute Gasteiger partial charge is 0.493 e. The zero-order chi connectivity index (χ0) is 21.1. The van der Waals surface area contributed by atoms with Gasteiger partial charge >= 0.3 is 0 Å². The number of methoxy groups -OCH3 is 2. The zero-order valence-electron chi connectivity index (χ0n) is 16.3. The molecule has 158 valence electrons. The fourth-order valence-corrected chi connectivity index (χ4v) is 3.63. The molecule has 0 amide bonds. The number of hydrogen-bond donors (Lipinski definition) is 2. The van der Waals surface area contributed by atoms with Crippen molar-refractivity contribution in [2.45, 2.75) is 41.4 Å². The predicted octanol–water partition coefficient (Wildman–Crippen LogP) is 4.46. The van der Waals surface area contributed by atoms with Gasteiger partial charge in [-0.25, -0.2) is 4.98 Å². The van der Waals surface area contributed by atoms with Crippen molar-refractivity contribution < 1.29 is 9.47 Å². The molecule has 10 heteroatoms. The minimum absolute atomic E-state index is 0.0273. The van der Waals surface area contributed by atoms with Gasteiger partial charge in [0.25, 0.3) is 0 Å². The van der Waals surface area contributed by atoms with Gasteiger partial charge in [-0.1, -0.05) is 54.1 Å². The van der Waals surface area contributed by atoms with E-state index in [2.05, 4.69) is 20.3 Å². The van der Waals surface area contributed by atoms with E-state index in [1.165, 1.54) is 6.42 Å². The third kappa shape index (κ3) is 5.54. The van der Waals surface area contributed by atoms with Crippen LogP contribution >= 0.6 is 34.8 Å². The Kier molecular flexibility index (Phi) is 6.94. The lowest BCUT2D eigenvalue weighted by Gasteiger charge is -2.33. The summed E-state index contributed by atoms with van der Waals surface area (Å²) in [6.45, 7) is 0.529. The van der Waals surface area contributed by atoms with Crippen molar-refractivity contribution in [3.63, 3.8) is 0 Å². The van der Waals surface area contributed by atoms with Gasteiger partial charge in [0.1, 0.15) is 0 Å². The van der Waals surface area contributed by atoms with Gasteiger partial charge in [-0.3, -0.25) is 0 Å². The number of aromatic nitrogens is 3. The van der Waals surface area contributed by atoms with Crippen LogP contribution in [0.1, 0.15) is 37.9 Å². The van der Waals surface area contributed by atoms with Crippen LogP contribution in [0.15, 0.2) is 18.2 Å². The summed E-state index contributed by atoms with van der Waals surface area (Å²) in [5, 5.41) is 3.21. The Balaban J connectivity index is 1.94. The molecule has 0 bridgehead atoms. The summed E-state index contributed by atoms with van der Waals surface area (Å²) in [6.07, 6.45) is 5.35. The average Bonchev–Trinajstić information content (AvgIpc) is 2.71. The van der Waals surface area contributed by atoms with Crippen LogP contribution in [-0.4, -0.2) is 41.3 Å². The molecule has 1 fully saturated rings. The molecule has 1 saturated carbocycles. The highest BCUT2D eigenvalue weighted by Gasteiger charge is 2.30. The Morgan fingerprint density at radius 2 is 1.72 bits per heavy atom. The fourth-order valence-electron chi connectivity index (χ4n) is 3.37. The van der Waals surface area contributed by atoms with E-state index in [9.17, 15) is 0 Å². The SMILES string of the molecule is COc1ccc(-c2nc(NCC3(N)CCCCC3)nc(C(Cl)(Cl)Cl)n2)cc1OC. The standard InChI is InChI=1S/C19H24Cl3N5O2/c1-28-13-7-6-12(10-14(13)29-2)15-25-16(19(20,21)22)27-17(26-15)24-11-18(23)8-4-3-5-9-18/h6-7,10H,3-5,8-9,11,23H2,1-2H3,(H,24,25,26,27). The van der Waals surface area contributed by atoms with Crippen LogP contribution in [0.3, 0.4) is 0 Å². The van der Waals surface area contributed by atoms with Crippen LogP contribution in [0.4, 0.5) is 5.95 Å². The molecule has 1 aromatic heterocycles. The highest BCUT2D eigenvalue weighted by atomic mass is 35.6. The third-order valence-electron chi connectivity index (χ3n) is 4.98. The Labute approximate surface area is 185 Å². The quantitative estimate of drug-likeness (QED) is 0.615. The smallest absolute Gasteiger partial charge is 0.250 e. The van der Waals surface area contributed by atoms with Gasteiger partial charge in [0.15, 0.2) is 23.1 Å². The molecule has 3 N–H and O–H groups in total. The Hall–Kier alpha value is -1.54. The molecule has 29 heavy (non-hydrogen) atoms. The third-order valence-corrected chi connectivity index (χ3v) is 5.49. The number of nitrogens with zero attached hydrogens (tertiary/aromatic N) is 3. The lowest BCUT2D eigenvalue weighted by Crippen LogP contribution is -2.47. The van der Waals surface area contributed by atoms with Crippen molar-refractivity contribution in [1.82, 2.24) is 15.0 Å². The first kappa shape index (κ1) is 22.2. The van der Waals surface area contributed by atoms with E-state index < -0.39 is 3.79 Å². The van der Waals surface area contributed by atoms with Gasteiger partial charge in [0.2, 0.25) is 9.74 Å². The second-order valence-corrected chi connectivity index (χ2v) is 9.43. The number of halogens is 3. The van der Waals surface area contributed by atoms with Crippen molar-refractivity contribution in [2.24, 2.45) is 5.73 Å². The van der Waals surface area contributed by atoms with E-state index in [1.54, 1.807) is 32.4 Å². The topological polar surface area (TPSA) is 95.2 Å². The predicted molar refractivity (Wildman–Crippen MR) is 116 cm³/mol. The number of ether oxygens (including phenoxy) is 2. The highest BCUT2D eigenvalue weighted by molar-refractivity contribution is 6.66. The molecule has 2 aromatic rings. The van der Waals surface area contributed by atoms with Gasteiger partial charge in [-0.15, -0.1) is 0 Å². The van der Waals surface area contributed by atoms with Crippen molar-refractivity contribution in [1.29, 1.82) is 0 Å². The molecule has 0 unspecified atom stereocenters. The molecule has 1 aliphatic carbocycles. The monoisotopic (exact) mass is 459 g/mol. The van der Waals surface area contributed by atoms with Crippen molar-refractivity contribution in [2.75, 3.05) is 26.1 Å². The number of alkyl halides is 3. The second-order valence-electron chi connectivity index (χ2n) is 7.15. The molecule has 3 rings (SSSR count). The van der Waals surface area contributed by atoms with Crippen molar-refractivity contribution in [3.05, 3.63) is 24.0 Å². The summed E-state index contributed by atoms with van der Waals surface area (Å²) in [5.41, 5.74) is 6.88. The Morgan fingerprint density at radius 1 is 1.03 bits per heavy atom. The molecule has 0 saturated heterocycles. The first-order valence-electron chi connectivity index (χ1n) is 9.32.